The number of esters is 1. The van der Waals surface area contributed by atoms with Crippen molar-refractivity contribution in [2.75, 3.05) is 11.8 Å². The zero-order chi connectivity index (χ0) is 15.2. The van der Waals surface area contributed by atoms with E-state index < -0.39 is 18.4 Å². The van der Waals surface area contributed by atoms with Gasteiger partial charge in [0.05, 0.1) is 11.3 Å². The molecule has 0 radical (unpaired) electrons. The van der Waals surface area contributed by atoms with E-state index in [0.717, 1.165) is 0 Å². The van der Waals surface area contributed by atoms with E-state index in [-0.39, 0.29) is 16.5 Å². The lowest BCUT2D eigenvalue weighted by atomic mass is 10.1. The first-order valence-corrected chi connectivity index (χ1v) is 6.09. The standard InChI is InChI=1S/C15H12NO5/c17-14(12-7-4-8-13(9-12)16(19)20)10-21-15(18)11-5-2-1-3-6-11/h1-9,19H,10H2/q-1. The first-order valence-electron chi connectivity index (χ1n) is 6.09. The maximum absolute atomic E-state index is 11.9. The van der Waals surface area contributed by atoms with Crippen molar-refractivity contribution in [1.82, 2.24) is 0 Å². The van der Waals surface area contributed by atoms with Gasteiger partial charge in [0.2, 0.25) is 0 Å². The SMILES string of the molecule is O=C(COC(=O)c1ccccc1)c1cccc(N([O-])O)c1. The molecule has 21 heavy (non-hydrogen) atoms. The van der Waals surface area contributed by atoms with Gasteiger partial charge in [-0.25, -0.2) is 4.79 Å². The molecular formula is C15H12NO5-. The van der Waals surface area contributed by atoms with E-state index in [1.54, 1.807) is 30.3 Å². The third-order valence-corrected chi connectivity index (χ3v) is 2.73. The fraction of sp³-hybridized carbons (Fsp3) is 0.0667. The first kappa shape index (κ1) is 14.7. The molecule has 0 bridgehead atoms. The quantitative estimate of drug-likeness (QED) is 0.515. The molecule has 0 fully saturated rings. The minimum Gasteiger partial charge on any atom is -0.733 e. The highest BCUT2D eigenvalue weighted by molar-refractivity contribution is 5.99. The molecule has 2 rings (SSSR count). The maximum Gasteiger partial charge on any atom is 0.338 e. The summed E-state index contributed by atoms with van der Waals surface area (Å²) in [6.45, 7) is -0.443. The number of carbonyl (C=O) groups is 2. The van der Waals surface area contributed by atoms with Gasteiger partial charge in [0.25, 0.3) is 0 Å². The summed E-state index contributed by atoms with van der Waals surface area (Å²) < 4.78 is 4.90. The van der Waals surface area contributed by atoms with E-state index in [1.807, 2.05) is 0 Å². The van der Waals surface area contributed by atoms with Crippen LogP contribution in [0.4, 0.5) is 5.69 Å². The largest absolute Gasteiger partial charge is 0.733 e. The van der Waals surface area contributed by atoms with Crippen LogP contribution in [0.5, 0.6) is 0 Å². The van der Waals surface area contributed by atoms with Gasteiger partial charge in [-0.1, -0.05) is 30.3 Å². The molecule has 0 saturated carbocycles. The molecule has 0 unspecified atom stereocenters. The summed E-state index contributed by atoms with van der Waals surface area (Å²) in [5, 5.41) is 19.2. The van der Waals surface area contributed by atoms with E-state index in [9.17, 15) is 14.8 Å². The minimum absolute atomic E-state index is 0.0739. The summed E-state index contributed by atoms with van der Waals surface area (Å²) >= 11 is 0. The minimum atomic E-state index is -0.604. The number of rotatable bonds is 5. The molecule has 6 heteroatoms. The summed E-state index contributed by atoms with van der Waals surface area (Å²) in [7, 11) is 0. The van der Waals surface area contributed by atoms with E-state index in [2.05, 4.69) is 0 Å². The van der Waals surface area contributed by atoms with Gasteiger partial charge in [0.15, 0.2) is 12.4 Å². The van der Waals surface area contributed by atoms with Gasteiger partial charge in [0.1, 0.15) is 0 Å². The van der Waals surface area contributed by atoms with Gasteiger partial charge in [-0.3, -0.25) is 10.0 Å². The third-order valence-electron chi connectivity index (χ3n) is 2.73. The summed E-state index contributed by atoms with van der Waals surface area (Å²) in [6, 6.07) is 13.8. The van der Waals surface area contributed by atoms with Crippen LogP contribution < -0.4 is 5.23 Å². The van der Waals surface area contributed by atoms with Crippen LogP contribution in [0, 0.1) is 5.21 Å². The fourth-order valence-corrected chi connectivity index (χ4v) is 1.67. The summed E-state index contributed by atoms with van der Waals surface area (Å²) in [5.74, 6) is -1.07. The van der Waals surface area contributed by atoms with Crippen LogP contribution in [0.3, 0.4) is 0 Å². The Kier molecular flexibility index (Phi) is 4.65. The lowest BCUT2D eigenvalue weighted by Gasteiger charge is -2.21. The predicted octanol–water partition coefficient (Wildman–Crippen LogP) is 2.42. The second-order valence-electron chi connectivity index (χ2n) is 4.19. The molecule has 0 aromatic heterocycles. The Balaban J connectivity index is 1.99. The van der Waals surface area contributed by atoms with Crippen molar-refractivity contribution in [3.05, 3.63) is 70.9 Å². The molecule has 0 heterocycles. The molecule has 0 atom stereocenters. The summed E-state index contributed by atoms with van der Waals surface area (Å²) in [6.07, 6.45) is 0. The normalized spacial score (nSPS) is 10.0. The molecule has 0 amide bonds. The van der Waals surface area contributed by atoms with E-state index in [1.165, 1.54) is 24.3 Å². The maximum atomic E-state index is 11.9. The highest BCUT2D eigenvalue weighted by Gasteiger charge is 2.12. The number of ketones is 1. The molecule has 0 aliphatic heterocycles. The van der Waals surface area contributed by atoms with Gasteiger partial charge in [-0.15, -0.1) is 0 Å². The number of nitrogens with zero attached hydrogens (tertiary/aromatic N) is 1. The number of carbonyl (C=O) groups excluding carboxylic acids is 2. The first-order chi connectivity index (χ1) is 10.1. The topological polar surface area (TPSA) is 89.9 Å². The zero-order valence-corrected chi connectivity index (χ0v) is 10.9. The average molecular weight is 286 g/mol. The van der Waals surface area contributed by atoms with Crippen molar-refractivity contribution in [1.29, 1.82) is 0 Å². The summed E-state index contributed by atoms with van der Waals surface area (Å²) in [4.78, 5) is 23.6. The van der Waals surface area contributed by atoms with Crippen LogP contribution in [-0.4, -0.2) is 23.6 Å². The van der Waals surface area contributed by atoms with Crippen LogP contribution in [-0.2, 0) is 4.74 Å². The molecule has 0 spiro atoms. The van der Waals surface area contributed by atoms with E-state index in [0.29, 0.717) is 5.56 Å². The van der Waals surface area contributed by atoms with Crippen molar-refractivity contribution in [3.8, 4) is 0 Å². The van der Waals surface area contributed by atoms with Crippen LogP contribution in [0.2, 0.25) is 0 Å². The molecule has 6 nitrogen and oxygen atoms in total. The predicted molar refractivity (Wildman–Crippen MR) is 75.1 cm³/mol. The Morgan fingerprint density at radius 3 is 2.38 bits per heavy atom. The van der Waals surface area contributed by atoms with Crippen LogP contribution >= 0.6 is 0 Å². The van der Waals surface area contributed by atoms with Gasteiger partial charge in [0, 0.05) is 5.56 Å². The van der Waals surface area contributed by atoms with Gasteiger partial charge in [-0.2, -0.15) is 0 Å². The van der Waals surface area contributed by atoms with Gasteiger partial charge in [-0.05, 0) is 24.3 Å². The van der Waals surface area contributed by atoms with Crippen LogP contribution in [0.25, 0.3) is 0 Å². The monoisotopic (exact) mass is 286 g/mol. The number of hydrogen-bond acceptors (Lipinski definition) is 6. The van der Waals surface area contributed by atoms with E-state index >= 15 is 0 Å². The Bertz CT molecular complexity index is 640. The molecule has 2 aromatic carbocycles. The van der Waals surface area contributed by atoms with Crippen molar-refractivity contribution < 1.29 is 19.5 Å². The number of hydrogen-bond donors (Lipinski definition) is 1. The lowest BCUT2D eigenvalue weighted by Crippen LogP contribution is -2.15. The second kappa shape index (κ2) is 6.65. The Morgan fingerprint density at radius 2 is 1.71 bits per heavy atom. The van der Waals surface area contributed by atoms with E-state index in [4.69, 9.17) is 9.94 Å². The van der Waals surface area contributed by atoms with Crippen molar-refractivity contribution in [3.63, 3.8) is 0 Å². The second-order valence-corrected chi connectivity index (χ2v) is 4.19. The number of Topliss-reactive ketones (excluding diaryl/α,β-unsaturated/α-hetero) is 1. The highest BCUT2D eigenvalue weighted by Crippen LogP contribution is 2.14. The smallest absolute Gasteiger partial charge is 0.338 e. The highest BCUT2D eigenvalue weighted by atomic mass is 16.8. The van der Waals surface area contributed by atoms with Gasteiger partial charge < -0.3 is 15.2 Å². The molecule has 0 aliphatic carbocycles. The third kappa shape index (κ3) is 3.88. The molecule has 0 saturated heterocycles. The Morgan fingerprint density at radius 1 is 1.05 bits per heavy atom. The van der Waals surface area contributed by atoms with Crippen LogP contribution in [0.1, 0.15) is 20.7 Å². The van der Waals surface area contributed by atoms with Crippen LogP contribution in [0.15, 0.2) is 54.6 Å². The van der Waals surface area contributed by atoms with Gasteiger partial charge >= 0.3 is 5.97 Å². The average Bonchev–Trinajstić information content (AvgIpc) is 2.53. The number of benzene rings is 2. The lowest BCUT2D eigenvalue weighted by molar-refractivity contribution is 0.0474. The van der Waals surface area contributed by atoms with Crippen molar-refractivity contribution >= 4 is 17.4 Å². The van der Waals surface area contributed by atoms with Crippen molar-refractivity contribution in [2.45, 2.75) is 0 Å². The molecule has 0 aliphatic rings. The Hall–Kier alpha value is -2.70. The fourth-order valence-electron chi connectivity index (χ4n) is 1.67. The molecule has 2 aromatic rings. The van der Waals surface area contributed by atoms with Crippen molar-refractivity contribution in [2.24, 2.45) is 0 Å². The zero-order valence-electron chi connectivity index (χ0n) is 10.9. The Labute approximate surface area is 120 Å². The molecule has 1 N–H and O–H groups in total. The molecular weight excluding hydrogens is 274 g/mol. The number of ether oxygens (including phenoxy) is 1. The number of anilines is 1. The molecule has 108 valence electrons. The summed E-state index contributed by atoms with van der Waals surface area (Å²) in [5.41, 5.74) is 0.443.